The quantitative estimate of drug-likeness (QED) is 0.620. The van der Waals surface area contributed by atoms with Gasteiger partial charge in [-0.2, -0.15) is 0 Å². The van der Waals surface area contributed by atoms with Crippen LogP contribution in [0, 0.1) is 12.8 Å². The summed E-state index contributed by atoms with van der Waals surface area (Å²) in [6, 6.07) is 4.83. The first kappa shape index (κ1) is 18.3. The highest BCUT2D eigenvalue weighted by Gasteiger charge is 2.16. The number of hydrogen-bond acceptors (Lipinski definition) is 3. The standard InChI is InChI=1S/C18H32N4S/c1-5-19-18(20-13-16-8-10-22(4)11-9-16)21-14(2)12-17-7-6-15(3)23-17/h6-7,14,16H,5,8-13H2,1-4H3,(H2,19,20,21). The Bertz CT molecular complexity index is 489. The first-order chi connectivity index (χ1) is 11.1. The van der Waals surface area contributed by atoms with Crippen molar-refractivity contribution in [3.05, 3.63) is 21.9 Å². The molecule has 1 atom stereocenters. The van der Waals surface area contributed by atoms with Crippen LogP contribution < -0.4 is 10.6 Å². The molecular formula is C18H32N4S. The van der Waals surface area contributed by atoms with Gasteiger partial charge >= 0.3 is 0 Å². The molecule has 1 aliphatic heterocycles. The minimum absolute atomic E-state index is 0.392. The number of guanidine groups is 1. The Balaban J connectivity index is 1.83. The number of nitrogens with zero attached hydrogens (tertiary/aromatic N) is 2. The van der Waals surface area contributed by atoms with E-state index in [0.29, 0.717) is 6.04 Å². The van der Waals surface area contributed by atoms with Gasteiger partial charge in [0.2, 0.25) is 0 Å². The molecule has 0 bridgehead atoms. The van der Waals surface area contributed by atoms with Gasteiger partial charge in [-0.15, -0.1) is 11.3 Å². The van der Waals surface area contributed by atoms with Crippen LogP contribution in [0.2, 0.25) is 0 Å². The molecule has 4 nitrogen and oxygen atoms in total. The van der Waals surface area contributed by atoms with Gasteiger partial charge in [-0.1, -0.05) is 0 Å². The van der Waals surface area contributed by atoms with Crippen LogP contribution in [-0.2, 0) is 6.42 Å². The summed E-state index contributed by atoms with van der Waals surface area (Å²) >= 11 is 1.89. The molecular weight excluding hydrogens is 304 g/mol. The molecule has 1 fully saturated rings. The summed E-state index contributed by atoms with van der Waals surface area (Å²) < 4.78 is 0. The summed E-state index contributed by atoms with van der Waals surface area (Å²) in [4.78, 5) is 10.1. The van der Waals surface area contributed by atoms with E-state index in [1.165, 1.54) is 35.7 Å². The van der Waals surface area contributed by atoms with Crippen LogP contribution in [-0.4, -0.2) is 50.1 Å². The minimum atomic E-state index is 0.392. The SMILES string of the molecule is CCNC(=NCC1CCN(C)CC1)NC(C)Cc1ccc(C)s1. The van der Waals surface area contributed by atoms with Gasteiger partial charge in [0.05, 0.1) is 0 Å². The van der Waals surface area contributed by atoms with Crippen LogP contribution in [0.15, 0.2) is 17.1 Å². The van der Waals surface area contributed by atoms with Gasteiger partial charge in [-0.3, -0.25) is 4.99 Å². The summed E-state index contributed by atoms with van der Waals surface area (Å²) in [5, 5.41) is 6.94. The smallest absolute Gasteiger partial charge is 0.191 e. The average molecular weight is 337 g/mol. The van der Waals surface area contributed by atoms with Crippen LogP contribution in [0.3, 0.4) is 0 Å². The second-order valence-electron chi connectivity index (χ2n) is 6.73. The zero-order valence-corrected chi connectivity index (χ0v) is 15.9. The Kier molecular flexibility index (Phi) is 7.37. The predicted molar refractivity (Wildman–Crippen MR) is 102 cm³/mol. The van der Waals surface area contributed by atoms with E-state index in [-0.39, 0.29) is 0 Å². The Labute approximate surface area is 145 Å². The van der Waals surface area contributed by atoms with Gasteiger partial charge in [-0.25, -0.2) is 0 Å². The average Bonchev–Trinajstić information content (AvgIpc) is 2.91. The Morgan fingerprint density at radius 1 is 1.39 bits per heavy atom. The van der Waals surface area contributed by atoms with Crippen molar-refractivity contribution in [1.82, 2.24) is 15.5 Å². The predicted octanol–water partition coefficient (Wildman–Crippen LogP) is 2.88. The van der Waals surface area contributed by atoms with E-state index in [1.54, 1.807) is 0 Å². The molecule has 2 N–H and O–H groups in total. The van der Waals surface area contributed by atoms with Gasteiger partial charge < -0.3 is 15.5 Å². The number of likely N-dealkylation sites (tertiary alicyclic amines) is 1. The molecule has 0 amide bonds. The van der Waals surface area contributed by atoms with Crippen molar-refractivity contribution in [2.24, 2.45) is 10.9 Å². The lowest BCUT2D eigenvalue weighted by atomic mass is 9.97. The van der Waals surface area contributed by atoms with Crippen LogP contribution in [0.1, 0.15) is 36.4 Å². The van der Waals surface area contributed by atoms with Crippen molar-refractivity contribution in [2.75, 3.05) is 33.2 Å². The van der Waals surface area contributed by atoms with Crippen LogP contribution in [0.5, 0.6) is 0 Å². The van der Waals surface area contributed by atoms with Crippen LogP contribution in [0.25, 0.3) is 0 Å². The van der Waals surface area contributed by atoms with E-state index < -0.39 is 0 Å². The Morgan fingerprint density at radius 2 is 2.13 bits per heavy atom. The van der Waals surface area contributed by atoms with Crippen molar-refractivity contribution in [2.45, 2.75) is 46.1 Å². The maximum atomic E-state index is 4.83. The van der Waals surface area contributed by atoms with E-state index in [4.69, 9.17) is 4.99 Å². The summed E-state index contributed by atoms with van der Waals surface area (Å²) in [7, 11) is 2.21. The Hall–Kier alpha value is -1.07. The van der Waals surface area contributed by atoms with Gasteiger partial charge in [0.15, 0.2) is 5.96 Å². The number of rotatable bonds is 6. The number of aliphatic imine (C=N–C) groups is 1. The maximum Gasteiger partial charge on any atom is 0.191 e. The number of aryl methyl sites for hydroxylation is 1. The molecule has 1 saturated heterocycles. The van der Waals surface area contributed by atoms with Crippen LogP contribution in [0.4, 0.5) is 0 Å². The zero-order chi connectivity index (χ0) is 16.7. The molecule has 1 unspecified atom stereocenters. The highest BCUT2D eigenvalue weighted by molar-refractivity contribution is 7.11. The molecule has 0 aliphatic carbocycles. The molecule has 0 spiro atoms. The third-order valence-corrected chi connectivity index (χ3v) is 5.40. The van der Waals surface area contributed by atoms with E-state index in [2.05, 4.69) is 55.5 Å². The van der Waals surface area contributed by atoms with E-state index in [1.807, 2.05) is 11.3 Å². The molecule has 2 rings (SSSR count). The topological polar surface area (TPSA) is 39.7 Å². The summed E-state index contributed by atoms with van der Waals surface area (Å²) in [5.74, 6) is 1.70. The highest BCUT2D eigenvalue weighted by atomic mass is 32.1. The van der Waals surface area contributed by atoms with Crippen molar-refractivity contribution >= 4 is 17.3 Å². The fourth-order valence-electron chi connectivity index (χ4n) is 2.97. The summed E-state index contributed by atoms with van der Waals surface area (Å²) in [6.07, 6.45) is 3.59. The second-order valence-corrected chi connectivity index (χ2v) is 8.10. The molecule has 23 heavy (non-hydrogen) atoms. The molecule has 0 saturated carbocycles. The van der Waals surface area contributed by atoms with Gasteiger partial charge in [0.25, 0.3) is 0 Å². The van der Waals surface area contributed by atoms with Gasteiger partial charge in [0.1, 0.15) is 0 Å². The fraction of sp³-hybridized carbons (Fsp3) is 0.722. The van der Waals surface area contributed by atoms with Crippen LogP contribution >= 0.6 is 11.3 Å². The zero-order valence-electron chi connectivity index (χ0n) is 15.1. The number of hydrogen-bond donors (Lipinski definition) is 2. The lowest BCUT2D eigenvalue weighted by molar-refractivity contribution is 0.223. The van der Waals surface area contributed by atoms with Gasteiger partial charge in [0, 0.05) is 35.3 Å². The number of thiophene rings is 1. The second kappa shape index (κ2) is 9.28. The monoisotopic (exact) mass is 336 g/mol. The lowest BCUT2D eigenvalue weighted by Crippen LogP contribution is -2.43. The Morgan fingerprint density at radius 3 is 2.74 bits per heavy atom. The molecule has 0 radical (unpaired) electrons. The molecule has 1 aliphatic rings. The van der Waals surface area contributed by atoms with Gasteiger partial charge in [-0.05, 0) is 71.8 Å². The van der Waals surface area contributed by atoms with E-state index >= 15 is 0 Å². The molecule has 130 valence electrons. The first-order valence-corrected chi connectivity index (χ1v) is 9.67. The lowest BCUT2D eigenvalue weighted by Gasteiger charge is -2.28. The molecule has 1 aromatic heterocycles. The highest BCUT2D eigenvalue weighted by Crippen LogP contribution is 2.17. The minimum Gasteiger partial charge on any atom is -0.357 e. The van der Waals surface area contributed by atoms with Crippen molar-refractivity contribution in [3.63, 3.8) is 0 Å². The summed E-state index contributed by atoms with van der Waals surface area (Å²) in [6.45, 7) is 10.8. The van der Waals surface area contributed by atoms with Crippen molar-refractivity contribution < 1.29 is 0 Å². The molecule has 0 aromatic carbocycles. The van der Waals surface area contributed by atoms with Crippen molar-refractivity contribution in [3.8, 4) is 0 Å². The van der Waals surface area contributed by atoms with E-state index in [9.17, 15) is 0 Å². The van der Waals surface area contributed by atoms with E-state index in [0.717, 1.165) is 31.4 Å². The third-order valence-electron chi connectivity index (χ3n) is 4.38. The fourth-order valence-corrected chi connectivity index (χ4v) is 3.99. The molecule has 2 heterocycles. The summed E-state index contributed by atoms with van der Waals surface area (Å²) in [5.41, 5.74) is 0. The first-order valence-electron chi connectivity index (χ1n) is 8.85. The van der Waals surface area contributed by atoms with Crippen molar-refractivity contribution in [1.29, 1.82) is 0 Å². The number of piperidine rings is 1. The largest absolute Gasteiger partial charge is 0.357 e. The normalized spacial score (nSPS) is 18.9. The number of nitrogens with one attached hydrogen (secondary N) is 2. The molecule has 1 aromatic rings. The maximum absolute atomic E-state index is 4.83. The molecule has 5 heteroatoms. The third kappa shape index (κ3) is 6.51.